The molecule has 1 N–H and O–H groups in total. The number of ether oxygens (including phenoxy) is 1. The van der Waals surface area contributed by atoms with Crippen molar-refractivity contribution in [2.45, 2.75) is 64.4 Å². The van der Waals surface area contributed by atoms with Gasteiger partial charge in [0.05, 0.1) is 31.3 Å². The second-order valence-electron chi connectivity index (χ2n) is 7.74. The summed E-state index contributed by atoms with van der Waals surface area (Å²) >= 11 is 0. The Labute approximate surface area is 139 Å². The van der Waals surface area contributed by atoms with Gasteiger partial charge in [0.2, 0.25) is 0 Å². The third-order valence-electron chi connectivity index (χ3n) is 4.89. The zero-order chi connectivity index (χ0) is 17.8. The SMILES string of the molecule is CC(O)c1cc(OCCC[Si](C)(C)C(C)(C)C)ccc1[N+](=O)[O-]. The molecule has 0 spiro atoms. The van der Waals surface area contributed by atoms with E-state index in [9.17, 15) is 15.2 Å². The lowest BCUT2D eigenvalue weighted by Crippen LogP contribution is -2.37. The average Bonchev–Trinajstić information content (AvgIpc) is 2.41. The van der Waals surface area contributed by atoms with Crippen LogP contribution >= 0.6 is 0 Å². The first-order chi connectivity index (χ1) is 10.5. The molecule has 0 aliphatic heterocycles. The molecule has 1 rings (SSSR count). The summed E-state index contributed by atoms with van der Waals surface area (Å²) in [6, 6.07) is 5.73. The molecule has 0 fully saturated rings. The summed E-state index contributed by atoms with van der Waals surface area (Å²) in [6.45, 7) is 13.8. The van der Waals surface area contributed by atoms with E-state index in [-0.39, 0.29) is 11.3 Å². The normalized spacial score (nSPS) is 13.7. The van der Waals surface area contributed by atoms with Crippen molar-refractivity contribution in [1.29, 1.82) is 0 Å². The van der Waals surface area contributed by atoms with E-state index in [0.717, 1.165) is 6.42 Å². The zero-order valence-electron chi connectivity index (χ0n) is 15.0. The van der Waals surface area contributed by atoms with Crippen LogP contribution in [0.5, 0.6) is 5.75 Å². The van der Waals surface area contributed by atoms with Crippen molar-refractivity contribution in [3.05, 3.63) is 33.9 Å². The molecule has 0 aliphatic carbocycles. The molecule has 130 valence electrons. The lowest BCUT2D eigenvalue weighted by molar-refractivity contribution is -0.386. The molecule has 6 heteroatoms. The highest BCUT2D eigenvalue weighted by Gasteiger charge is 2.34. The van der Waals surface area contributed by atoms with Crippen LogP contribution in [0.2, 0.25) is 24.2 Å². The van der Waals surface area contributed by atoms with Gasteiger partial charge in [-0.25, -0.2) is 0 Å². The first-order valence-electron chi connectivity index (χ1n) is 8.05. The first kappa shape index (κ1) is 19.6. The van der Waals surface area contributed by atoms with Gasteiger partial charge in [0.1, 0.15) is 5.75 Å². The van der Waals surface area contributed by atoms with Crippen molar-refractivity contribution in [2.75, 3.05) is 6.61 Å². The van der Waals surface area contributed by atoms with Crippen LogP contribution in [0.15, 0.2) is 18.2 Å². The quantitative estimate of drug-likeness (QED) is 0.331. The standard InChI is InChI=1S/C17H29NO4Si/c1-13(19)15-12-14(8-9-16(15)18(20)21)22-10-7-11-23(5,6)17(2,3)4/h8-9,12-13,19H,7,10-11H2,1-6H3. The number of rotatable bonds is 7. The Hall–Kier alpha value is -1.40. The van der Waals surface area contributed by atoms with E-state index in [4.69, 9.17) is 4.74 Å². The number of nitrogens with zero attached hydrogens (tertiary/aromatic N) is 1. The van der Waals surface area contributed by atoms with Crippen molar-refractivity contribution < 1.29 is 14.8 Å². The van der Waals surface area contributed by atoms with Crippen LogP contribution < -0.4 is 4.74 Å². The Bertz CT molecular complexity index is 550. The van der Waals surface area contributed by atoms with Gasteiger partial charge < -0.3 is 9.84 Å². The maximum atomic E-state index is 11.0. The molecule has 1 aromatic carbocycles. The summed E-state index contributed by atoms with van der Waals surface area (Å²) in [5.74, 6) is 0.571. The molecule has 1 atom stereocenters. The monoisotopic (exact) mass is 339 g/mol. The van der Waals surface area contributed by atoms with Gasteiger partial charge in [-0.1, -0.05) is 39.9 Å². The van der Waals surface area contributed by atoms with Crippen molar-refractivity contribution >= 4 is 13.8 Å². The summed E-state index contributed by atoms with van der Waals surface area (Å²) in [5, 5.41) is 21.0. The maximum Gasteiger partial charge on any atom is 0.275 e. The lowest BCUT2D eigenvalue weighted by atomic mass is 10.1. The maximum absolute atomic E-state index is 11.0. The Morgan fingerprint density at radius 1 is 1.35 bits per heavy atom. The van der Waals surface area contributed by atoms with Gasteiger partial charge in [0, 0.05) is 6.07 Å². The van der Waals surface area contributed by atoms with Gasteiger partial charge in [-0.2, -0.15) is 0 Å². The van der Waals surface area contributed by atoms with Gasteiger partial charge in [-0.05, 0) is 30.5 Å². The molecule has 5 nitrogen and oxygen atoms in total. The summed E-state index contributed by atoms with van der Waals surface area (Å²) < 4.78 is 5.73. The van der Waals surface area contributed by atoms with Gasteiger partial charge in [0.15, 0.2) is 0 Å². The minimum Gasteiger partial charge on any atom is -0.494 e. The zero-order valence-corrected chi connectivity index (χ0v) is 16.0. The predicted octanol–water partition coefficient (Wildman–Crippen LogP) is 4.93. The van der Waals surface area contributed by atoms with Crippen LogP contribution in [-0.4, -0.2) is 24.7 Å². The third kappa shape index (κ3) is 5.32. The summed E-state index contributed by atoms with van der Waals surface area (Å²) in [6.07, 6.45) is 0.0727. The van der Waals surface area contributed by atoms with E-state index in [2.05, 4.69) is 33.9 Å². The van der Waals surface area contributed by atoms with Gasteiger partial charge >= 0.3 is 0 Å². The molecule has 0 aliphatic rings. The van der Waals surface area contributed by atoms with Crippen LogP contribution in [0.25, 0.3) is 0 Å². The predicted molar refractivity (Wildman–Crippen MR) is 95.8 cm³/mol. The molecular weight excluding hydrogens is 310 g/mol. The number of hydrogen-bond donors (Lipinski definition) is 1. The minimum atomic E-state index is -1.31. The van der Waals surface area contributed by atoms with Crippen molar-refractivity contribution in [3.63, 3.8) is 0 Å². The summed E-state index contributed by atoms with van der Waals surface area (Å²) in [5.41, 5.74) is 0.213. The highest BCUT2D eigenvalue weighted by molar-refractivity contribution is 6.80. The number of aliphatic hydroxyl groups is 1. The smallest absolute Gasteiger partial charge is 0.275 e. The van der Waals surface area contributed by atoms with E-state index in [1.165, 1.54) is 19.0 Å². The molecule has 0 saturated carbocycles. The topological polar surface area (TPSA) is 72.6 Å². The molecule has 1 aromatic rings. The number of aliphatic hydroxyl groups excluding tert-OH is 1. The largest absolute Gasteiger partial charge is 0.494 e. The first-order valence-corrected chi connectivity index (χ1v) is 11.3. The van der Waals surface area contributed by atoms with E-state index in [1.807, 2.05) is 0 Å². The molecule has 1 unspecified atom stereocenters. The lowest BCUT2D eigenvalue weighted by Gasteiger charge is -2.37. The highest BCUT2D eigenvalue weighted by Crippen LogP contribution is 2.39. The van der Waals surface area contributed by atoms with E-state index < -0.39 is 19.1 Å². The van der Waals surface area contributed by atoms with E-state index in [0.29, 0.717) is 17.4 Å². The molecule has 0 radical (unpaired) electrons. The Kier molecular flexibility index (Phi) is 6.36. The summed E-state index contributed by atoms with van der Waals surface area (Å²) in [7, 11) is -1.31. The summed E-state index contributed by atoms with van der Waals surface area (Å²) in [4.78, 5) is 10.5. The van der Waals surface area contributed by atoms with Crippen molar-refractivity contribution in [3.8, 4) is 5.75 Å². The molecule has 0 heterocycles. The Morgan fingerprint density at radius 3 is 2.43 bits per heavy atom. The fourth-order valence-electron chi connectivity index (χ4n) is 2.20. The highest BCUT2D eigenvalue weighted by atomic mass is 28.3. The fourth-order valence-corrected chi connectivity index (χ4v) is 3.98. The van der Waals surface area contributed by atoms with Crippen LogP contribution in [-0.2, 0) is 0 Å². The number of hydrogen-bond acceptors (Lipinski definition) is 4. The second kappa shape index (κ2) is 7.44. The Morgan fingerprint density at radius 2 is 1.96 bits per heavy atom. The van der Waals surface area contributed by atoms with Crippen molar-refractivity contribution in [1.82, 2.24) is 0 Å². The molecule has 0 amide bonds. The Balaban J connectivity index is 2.66. The van der Waals surface area contributed by atoms with Crippen LogP contribution in [0.3, 0.4) is 0 Å². The third-order valence-corrected chi connectivity index (χ3v) is 10.6. The number of nitro benzene ring substituents is 1. The van der Waals surface area contributed by atoms with Crippen LogP contribution in [0.4, 0.5) is 5.69 Å². The molecule has 23 heavy (non-hydrogen) atoms. The molecule has 0 saturated heterocycles. The number of benzene rings is 1. The van der Waals surface area contributed by atoms with Gasteiger partial charge in [0.25, 0.3) is 5.69 Å². The molecular formula is C17H29NO4Si. The second-order valence-corrected chi connectivity index (χ2v) is 13.5. The van der Waals surface area contributed by atoms with Crippen LogP contribution in [0, 0.1) is 10.1 Å². The molecule has 0 aromatic heterocycles. The van der Waals surface area contributed by atoms with E-state index in [1.54, 1.807) is 12.1 Å². The van der Waals surface area contributed by atoms with Gasteiger partial charge in [-0.15, -0.1) is 0 Å². The van der Waals surface area contributed by atoms with Gasteiger partial charge in [-0.3, -0.25) is 10.1 Å². The van der Waals surface area contributed by atoms with Crippen LogP contribution in [0.1, 0.15) is 45.8 Å². The minimum absolute atomic E-state index is 0.0753. The fraction of sp³-hybridized carbons (Fsp3) is 0.647. The van der Waals surface area contributed by atoms with Crippen molar-refractivity contribution in [2.24, 2.45) is 0 Å². The molecule has 0 bridgehead atoms. The van der Waals surface area contributed by atoms with E-state index >= 15 is 0 Å². The average molecular weight is 340 g/mol. The number of nitro groups is 1.